The number of phosphoric acid groups is 2. The first-order valence-electron chi connectivity index (χ1n) is 36.0. The average molecular weight is 1300 g/mol. The Morgan fingerprint density at radius 1 is 0.330 bits per heavy atom. The zero-order valence-corrected chi connectivity index (χ0v) is 58.8. The molecule has 0 aromatic rings. The lowest BCUT2D eigenvalue weighted by molar-refractivity contribution is -0.161. The third kappa shape index (κ3) is 61.6. The van der Waals surface area contributed by atoms with E-state index in [1.165, 1.54) is 161 Å². The SMILES string of the molecule is CCCCCCCCCCCCCCCCCCC(=O)O[C@H](COC(=O)CCCCCCCCCCCCC(C)CC)COP(=O)(O)OC[C@@H](O)COP(=O)(O)OC[C@@H](COC(=O)CCCCCCCCCC)OC(=O)CCCCCCCCCC(C)C. The van der Waals surface area contributed by atoms with Crippen molar-refractivity contribution in [3.05, 3.63) is 0 Å². The summed E-state index contributed by atoms with van der Waals surface area (Å²) in [5, 5.41) is 10.6. The molecule has 3 unspecified atom stereocenters. The van der Waals surface area contributed by atoms with Crippen molar-refractivity contribution in [3.63, 3.8) is 0 Å². The highest BCUT2D eigenvalue weighted by atomic mass is 31.2. The maximum absolute atomic E-state index is 13.0. The number of carbonyl (C=O) groups excluding carboxylic acids is 4. The second kappa shape index (κ2) is 61.3. The number of esters is 4. The number of rotatable bonds is 68. The third-order valence-electron chi connectivity index (χ3n) is 16.3. The molecule has 6 atom stereocenters. The van der Waals surface area contributed by atoms with Crippen LogP contribution in [0.2, 0.25) is 0 Å². The Morgan fingerprint density at radius 2 is 0.580 bits per heavy atom. The lowest BCUT2D eigenvalue weighted by atomic mass is 9.99. The minimum Gasteiger partial charge on any atom is -0.462 e. The van der Waals surface area contributed by atoms with E-state index in [1.807, 2.05) is 0 Å². The van der Waals surface area contributed by atoms with Crippen molar-refractivity contribution in [3.8, 4) is 0 Å². The highest BCUT2D eigenvalue weighted by Crippen LogP contribution is 2.45. The second-order valence-corrected chi connectivity index (χ2v) is 28.5. The Bertz CT molecular complexity index is 1720. The topological polar surface area (TPSA) is 237 Å². The van der Waals surface area contributed by atoms with Crippen LogP contribution in [-0.2, 0) is 65.4 Å². The first-order valence-corrected chi connectivity index (χ1v) is 39.0. The quantitative estimate of drug-likeness (QED) is 0.0222. The molecule has 0 aliphatic heterocycles. The second-order valence-electron chi connectivity index (χ2n) is 25.6. The lowest BCUT2D eigenvalue weighted by Gasteiger charge is -2.21. The van der Waals surface area contributed by atoms with Crippen molar-refractivity contribution in [2.24, 2.45) is 11.8 Å². The number of carbonyl (C=O) groups is 4. The standard InChI is InChI=1S/C69H134O17P2/c1-7-10-12-14-16-18-19-20-21-22-23-24-29-35-41-47-53-68(73)85-64(58-80-67(72)52-46-40-34-28-26-25-27-32-38-44-50-62(6)9-3)59-83-87(75,76)81-55-63(70)56-82-88(77,78)84-60-65(57-79-66(71)51-45-39-33-17-15-13-11-8-2)86-69(74)54-48-42-36-30-31-37-43-49-61(4)5/h61-65,70H,7-60H2,1-6H3,(H,75,76)(H,77,78)/t62?,63-,64-,65-/m1/s1. The summed E-state index contributed by atoms with van der Waals surface area (Å²) in [5.41, 5.74) is 0. The van der Waals surface area contributed by atoms with Gasteiger partial charge in [0.1, 0.15) is 19.3 Å². The fraction of sp³-hybridized carbons (Fsp3) is 0.942. The van der Waals surface area contributed by atoms with Crippen LogP contribution in [-0.4, -0.2) is 96.7 Å². The van der Waals surface area contributed by atoms with E-state index in [0.717, 1.165) is 102 Å². The van der Waals surface area contributed by atoms with Gasteiger partial charge in [0, 0.05) is 25.7 Å². The predicted octanol–water partition coefficient (Wildman–Crippen LogP) is 19.6. The molecule has 0 saturated heterocycles. The molecule has 88 heavy (non-hydrogen) atoms. The Kier molecular flexibility index (Phi) is 59.9. The average Bonchev–Trinajstić information content (AvgIpc) is 3.50. The predicted molar refractivity (Wildman–Crippen MR) is 354 cm³/mol. The molecule has 0 aromatic heterocycles. The van der Waals surface area contributed by atoms with E-state index < -0.39 is 97.5 Å². The number of phosphoric ester groups is 2. The molecule has 0 aromatic carbocycles. The van der Waals surface area contributed by atoms with Crippen LogP contribution < -0.4 is 0 Å². The normalized spacial score (nSPS) is 14.5. The van der Waals surface area contributed by atoms with Gasteiger partial charge in [-0.25, -0.2) is 9.13 Å². The highest BCUT2D eigenvalue weighted by molar-refractivity contribution is 7.47. The van der Waals surface area contributed by atoms with Gasteiger partial charge in [0.15, 0.2) is 12.2 Å². The number of ether oxygens (including phenoxy) is 4. The van der Waals surface area contributed by atoms with Gasteiger partial charge in [-0.2, -0.15) is 0 Å². The number of hydrogen-bond acceptors (Lipinski definition) is 15. The van der Waals surface area contributed by atoms with E-state index in [2.05, 4.69) is 41.5 Å². The number of unbranched alkanes of at least 4 members (excludes halogenated alkanes) is 37. The summed E-state index contributed by atoms with van der Waals surface area (Å²) in [5.74, 6) is -0.624. The van der Waals surface area contributed by atoms with Gasteiger partial charge in [-0.15, -0.1) is 0 Å². The van der Waals surface area contributed by atoms with Crippen LogP contribution in [0.15, 0.2) is 0 Å². The van der Waals surface area contributed by atoms with Gasteiger partial charge in [-0.3, -0.25) is 37.3 Å². The van der Waals surface area contributed by atoms with Gasteiger partial charge >= 0.3 is 39.5 Å². The molecule has 0 rings (SSSR count). The van der Waals surface area contributed by atoms with E-state index in [4.69, 9.17) is 37.0 Å². The molecule has 0 spiro atoms. The maximum atomic E-state index is 13.0. The van der Waals surface area contributed by atoms with E-state index >= 15 is 0 Å². The monoisotopic (exact) mass is 1300 g/mol. The minimum atomic E-state index is -4.95. The third-order valence-corrected chi connectivity index (χ3v) is 18.2. The van der Waals surface area contributed by atoms with Crippen molar-refractivity contribution in [1.29, 1.82) is 0 Å². The molecule has 0 aliphatic rings. The first kappa shape index (κ1) is 86.1. The van der Waals surface area contributed by atoms with Crippen LogP contribution in [0.4, 0.5) is 0 Å². The molecular weight excluding hydrogens is 1160 g/mol. The summed E-state index contributed by atoms with van der Waals surface area (Å²) in [4.78, 5) is 72.4. The molecular formula is C69H134O17P2. The smallest absolute Gasteiger partial charge is 0.462 e. The molecule has 17 nitrogen and oxygen atoms in total. The summed E-state index contributed by atoms with van der Waals surface area (Å²) in [6, 6.07) is 0. The number of aliphatic hydroxyl groups is 1. The summed E-state index contributed by atoms with van der Waals surface area (Å²) in [6.07, 6.45) is 45.9. The van der Waals surface area contributed by atoms with Crippen LogP contribution in [0.1, 0.15) is 350 Å². The lowest BCUT2D eigenvalue weighted by Crippen LogP contribution is -2.30. The molecule has 522 valence electrons. The van der Waals surface area contributed by atoms with E-state index in [-0.39, 0.29) is 25.7 Å². The zero-order chi connectivity index (χ0) is 65.0. The van der Waals surface area contributed by atoms with Gasteiger partial charge in [-0.05, 0) is 37.5 Å². The van der Waals surface area contributed by atoms with Crippen LogP contribution >= 0.6 is 15.6 Å². The van der Waals surface area contributed by atoms with E-state index in [9.17, 15) is 43.2 Å². The Hall–Kier alpha value is -1.94. The molecule has 3 N–H and O–H groups in total. The van der Waals surface area contributed by atoms with Gasteiger partial charge in [-0.1, -0.05) is 298 Å². The maximum Gasteiger partial charge on any atom is 0.472 e. The number of aliphatic hydroxyl groups excluding tert-OH is 1. The molecule has 19 heteroatoms. The van der Waals surface area contributed by atoms with E-state index in [0.29, 0.717) is 31.6 Å². The van der Waals surface area contributed by atoms with Gasteiger partial charge in [0.25, 0.3) is 0 Å². The van der Waals surface area contributed by atoms with Gasteiger partial charge in [0.05, 0.1) is 26.4 Å². The highest BCUT2D eigenvalue weighted by Gasteiger charge is 2.30. The minimum absolute atomic E-state index is 0.103. The summed E-state index contributed by atoms with van der Waals surface area (Å²) < 4.78 is 68.2. The summed E-state index contributed by atoms with van der Waals surface area (Å²) >= 11 is 0. The van der Waals surface area contributed by atoms with Crippen LogP contribution in [0.3, 0.4) is 0 Å². The summed E-state index contributed by atoms with van der Waals surface area (Å²) in [7, 11) is -9.89. The Labute approximate surface area is 537 Å². The first-order chi connectivity index (χ1) is 42.4. The fourth-order valence-electron chi connectivity index (χ4n) is 10.4. The van der Waals surface area contributed by atoms with Crippen molar-refractivity contribution in [2.45, 2.75) is 368 Å². The molecule has 0 fully saturated rings. The van der Waals surface area contributed by atoms with E-state index in [1.54, 1.807) is 0 Å². The molecule has 0 amide bonds. The Morgan fingerprint density at radius 3 is 0.864 bits per heavy atom. The Balaban J connectivity index is 5.22. The van der Waals surface area contributed by atoms with Crippen molar-refractivity contribution in [2.75, 3.05) is 39.6 Å². The molecule has 0 saturated carbocycles. The summed E-state index contributed by atoms with van der Waals surface area (Å²) in [6.45, 7) is 9.48. The largest absolute Gasteiger partial charge is 0.472 e. The van der Waals surface area contributed by atoms with Gasteiger partial charge < -0.3 is 33.8 Å². The molecule has 0 heterocycles. The van der Waals surface area contributed by atoms with Crippen molar-refractivity contribution >= 4 is 39.5 Å². The van der Waals surface area contributed by atoms with Gasteiger partial charge in [0.2, 0.25) is 0 Å². The molecule has 0 bridgehead atoms. The molecule has 0 radical (unpaired) electrons. The zero-order valence-electron chi connectivity index (χ0n) is 57.0. The number of hydrogen-bond donors (Lipinski definition) is 3. The van der Waals surface area contributed by atoms with Crippen molar-refractivity contribution in [1.82, 2.24) is 0 Å². The van der Waals surface area contributed by atoms with Crippen LogP contribution in [0.25, 0.3) is 0 Å². The van der Waals surface area contributed by atoms with Crippen LogP contribution in [0, 0.1) is 11.8 Å². The van der Waals surface area contributed by atoms with Crippen molar-refractivity contribution < 1.29 is 80.2 Å². The molecule has 0 aliphatic carbocycles. The fourth-order valence-corrected chi connectivity index (χ4v) is 12.0. The van der Waals surface area contributed by atoms with Crippen LogP contribution in [0.5, 0.6) is 0 Å².